The van der Waals surface area contributed by atoms with Crippen molar-refractivity contribution in [1.82, 2.24) is 5.23 Å². The molecule has 0 aromatic carbocycles. The SMILES string of the molecule is NC(=O)ON(OC(N)=S)C(N)=O. The third kappa shape index (κ3) is 4.11. The predicted molar refractivity (Wildman–Crippen MR) is 40.0 cm³/mol. The van der Waals surface area contributed by atoms with Crippen molar-refractivity contribution < 1.29 is 19.3 Å². The largest absolute Gasteiger partial charge is 0.431 e. The zero-order valence-corrected chi connectivity index (χ0v) is 6.54. The number of rotatable bonds is 0. The smallest absolute Gasteiger partial charge is 0.358 e. The topological polar surface area (TPSA) is 134 Å². The van der Waals surface area contributed by atoms with Crippen molar-refractivity contribution >= 4 is 29.5 Å². The number of hydroxylamine groups is 2. The molecule has 0 aliphatic heterocycles. The van der Waals surface area contributed by atoms with Gasteiger partial charge in [-0.25, -0.2) is 9.59 Å². The van der Waals surface area contributed by atoms with Gasteiger partial charge in [0.1, 0.15) is 0 Å². The van der Waals surface area contributed by atoms with Crippen LogP contribution < -0.4 is 17.2 Å². The molecule has 3 amide bonds. The molecule has 12 heavy (non-hydrogen) atoms. The summed E-state index contributed by atoms with van der Waals surface area (Å²) in [5.74, 6) is 0. The molecule has 0 aromatic rings. The first kappa shape index (κ1) is 10.2. The van der Waals surface area contributed by atoms with Crippen molar-refractivity contribution in [2.45, 2.75) is 0 Å². The van der Waals surface area contributed by atoms with Gasteiger partial charge in [0.15, 0.2) is 0 Å². The number of urea groups is 1. The van der Waals surface area contributed by atoms with Crippen molar-refractivity contribution in [3.8, 4) is 0 Å². The van der Waals surface area contributed by atoms with Gasteiger partial charge in [0.2, 0.25) is 0 Å². The molecule has 0 radical (unpaired) electrons. The van der Waals surface area contributed by atoms with Crippen LogP contribution in [0.25, 0.3) is 0 Å². The van der Waals surface area contributed by atoms with E-state index in [9.17, 15) is 9.59 Å². The fraction of sp³-hybridized carbons (Fsp3) is 0. The van der Waals surface area contributed by atoms with Crippen molar-refractivity contribution in [2.24, 2.45) is 17.2 Å². The number of nitrogens with two attached hydrogens (primary N) is 3. The lowest BCUT2D eigenvalue weighted by atomic mass is 11.1. The Balaban J connectivity index is 4.14. The molecule has 68 valence electrons. The molecule has 9 heteroatoms. The van der Waals surface area contributed by atoms with E-state index in [0.29, 0.717) is 0 Å². The van der Waals surface area contributed by atoms with E-state index >= 15 is 0 Å². The van der Waals surface area contributed by atoms with Gasteiger partial charge in [-0.1, -0.05) is 0 Å². The highest BCUT2D eigenvalue weighted by atomic mass is 32.1. The van der Waals surface area contributed by atoms with E-state index in [-0.39, 0.29) is 5.23 Å². The number of carbonyl (C=O) groups is 2. The van der Waals surface area contributed by atoms with Gasteiger partial charge in [0.05, 0.1) is 0 Å². The molecule has 0 spiro atoms. The lowest BCUT2D eigenvalue weighted by molar-refractivity contribution is -0.236. The first-order chi connectivity index (χ1) is 5.43. The Labute approximate surface area is 72.1 Å². The van der Waals surface area contributed by atoms with Gasteiger partial charge in [-0.2, -0.15) is 0 Å². The molecule has 8 nitrogen and oxygen atoms in total. The van der Waals surface area contributed by atoms with Gasteiger partial charge >= 0.3 is 12.1 Å². The second kappa shape index (κ2) is 4.18. The minimum atomic E-state index is -1.29. The summed E-state index contributed by atoms with van der Waals surface area (Å²) in [4.78, 5) is 28.5. The summed E-state index contributed by atoms with van der Waals surface area (Å²) >= 11 is 4.22. The number of hydrogen-bond acceptors (Lipinski definition) is 5. The Morgan fingerprint density at radius 1 is 1.17 bits per heavy atom. The molecule has 0 aliphatic carbocycles. The summed E-state index contributed by atoms with van der Waals surface area (Å²) in [5, 5.41) is -0.583. The van der Waals surface area contributed by atoms with Crippen LogP contribution in [0.15, 0.2) is 0 Å². The van der Waals surface area contributed by atoms with Crippen LogP contribution in [0, 0.1) is 0 Å². The fourth-order valence-electron chi connectivity index (χ4n) is 0.272. The number of nitrogens with zero attached hydrogens (tertiary/aromatic N) is 1. The molecule has 0 unspecified atom stereocenters. The summed E-state index contributed by atoms with van der Waals surface area (Å²) in [6.45, 7) is 0. The lowest BCUT2D eigenvalue weighted by Gasteiger charge is -2.14. The van der Waals surface area contributed by atoms with Gasteiger partial charge in [-0.15, -0.1) is 0 Å². The minimum Gasteiger partial charge on any atom is -0.358 e. The zero-order chi connectivity index (χ0) is 9.72. The summed E-state index contributed by atoms with van der Waals surface area (Å²) in [6, 6.07) is -1.22. The van der Waals surface area contributed by atoms with Crippen LogP contribution in [0.4, 0.5) is 9.59 Å². The van der Waals surface area contributed by atoms with Crippen molar-refractivity contribution in [2.75, 3.05) is 0 Å². The molecular weight excluding hydrogens is 188 g/mol. The second-order valence-electron chi connectivity index (χ2n) is 1.42. The maximum atomic E-state index is 10.3. The molecular formula is C3H6N4O4S. The summed E-state index contributed by atoms with van der Waals surface area (Å²) in [6.07, 6.45) is -1.29. The van der Waals surface area contributed by atoms with Gasteiger partial charge in [0, 0.05) is 5.23 Å². The minimum absolute atomic E-state index is 0.0370. The Bertz CT molecular complexity index is 202. The van der Waals surface area contributed by atoms with E-state index in [4.69, 9.17) is 5.73 Å². The van der Waals surface area contributed by atoms with E-state index in [1.54, 1.807) is 0 Å². The van der Waals surface area contributed by atoms with Crippen LogP contribution in [-0.4, -0.2) is 22.5 Å². The predicted octanol–water partition coefficient (Wildman–Crippen LogP) is -1.45. The molecule has 0 saturated carbocycles. The van der Waals surface area contributed by atoms with Crippen LogP contribution in [0.5, 0.6) is 0 Å². The second-order valence-corrected chi connectivity index (χ2v) is 1.82. The highest BCUT2D eigenvalue weighted by Gasteiger charge is 2.16. The molecule has 0 aliphatic rings. The average molecular weight is 194 g/mol. The van der Waals surface area contributed by atoms with Crippen LogP contribution >= 0.6 is 12.2 Å². The van der Waals surface area contributed by atoms with Crippen molar-refractivity contribution in [3.05, 3.63) is 0 Å². The quantitative estimate of drug-likeness (QED) is 0.319. The van der Waals surface area contributed by atoms with Gasteiger partial charge in [0.25, 0.3) is 5.17 Å². The van der Waals surface area contributed by atoms with Crippen LogP contribution in [0.3, 0.4) is 0 Å². The molecule has 0 heterocycles. The van der Waals surface area contributed by atoms with E-state index in [0.717, 1.165) is 0 Å². The van der Waals surface area contributed by atoms with E-state index in [1.165, 1.54) is 0 Å². The number of hydrogen-bond donors (Lipinski definition) is 3. The molecule has 6 N–H and O–H groups in total. The average Bonchev–Trinajstić information content (AvgIpc) is 1.83. The molecule has 0 aromatic heterocycles. The maximum absolute atomic E-state index is 10.3. The third-order valence-corrected chi connectivity index (χ3v) is 0.600. The number of carbonyl (C=O) groups excluding carboxylic acids is 2. The number of amides is 3. The van der Waals surface area contributed by atoms with Gasteiger partial charge < -0.3 is 22.0 Å². The molecule has 0 rings (SSSR count). The highest BCUT2D eigenvalue weighted by Crippen LogP contribution is 1.91. The normalized spacial score (nSPS) is 8.33. The van der Waals surface area contributed by atoms with Crippen LogP contribution in [0.1, 0.15) is 0 Å². The molecule has 0 atom stereocenters. The Kier molecular flexibility index (Phi) is 3.56. The molecule has 0 fully saturated rings. The van der Waals surface area contributed by atoms with Crippen molar-refractivity contribution in [1.29, 1.82) is 0 Å². The fourth-order valence-corrected chi connectivity index (χ4v) is 0.340. The Hall–Kier alpha value is -1.77. The Morgan fingerprint density at radius 3 is 1.92 bits per heavy atom. The van der Waals surface area contributed by atoms with Gasteiger partial charge in [-0.3, -0.25) is 4.84 Å². The highest BCUT2D eigenvalue weighted by molar-refractivity contribution is 7.79. The number of primary amides is 2. The van der Waals surface area contributed by atoms with Crippen LogP contribution in [-0.2, 0) is 9.68 Å². The monoisotopic (exact) mass is 194 g/mol. The van der Waals surface area contributed by atoms with E-state index in [2.05, 4.69) is 33.4 Å². The standard InChI is InChI=1S/C3H6N4O4S/c4-1(8)7(10-2(5)9)11-3(6)12/h(H2,4,8)(H2,5,9)(H2,6,12). The van der Waals surface area contributed by atoms with E-state index < -0.39 is 17.3 Å². The number of thiocarbonyl (C=S) groups is 1. The summed E-state index contributed by atoms with van der Waals surface area (Å²) in [7, 11) is 0. The Morgan fingerprint density at radius 2 is 1.67 bits per heavy atom. The first-order valence-corrected chi connectivity index (χ1v) is 2.88. The molecule has 0 saturated heterocycles. The zero-order valence-electron chi connectivity index (χ0n) is 5.72. The maximum Gasteiger partial charge on any atom is 0.431 e. The van der Waals surface area contributed by atoms with Crippen molar-refractivity contribution in [3.63, 3.8) is 0 Å². The van der Waals surface area contributed by atoms with E-state index in [1.807, 2.05) is 0 Å². The third-order valence-electron chi connectivity index (χ3n) is 0.526. The summed E-state index contributed by atoms with van der Waals surface area (Å²) < 4.78 is 0. The lowest BCUT2D eigenvalue weighted by Crippen LogP contribution is -2.41. The first-order valence-electron chi connectivity index (χ1n) is 2.48. The van der Waals surface area contributed by atoms with Gasteiger partial charge in [-0.05, 0) is 12.2 Å². The van der Waals surface area contributed by atoms with Crippen LogP contribution in [0.2, 0.25) is 0 Å². The summed E-state index contributed by atoms with van der Waals surface area (Å²) in [5.41, 5.74) is 14.0. The molecule has 0 bridgehead atoms.